The van der Waals surface area contributed by atoms with Crippen molar-refractivity contribution < 1.29 is 14.6 Å². The van der Waals surface area contributed by atoms with Gasteiger partial charge < -0.3 is 15.2 Å². The molecule has 0 saturated carbocycles. The molecule has 0 spiro atoms. The normalized spacial score (nSPS) is 10.1. The molecule has 0 unspecified atom stereocenters. The molecule has 0 aliphatic heterocycles. The lowest BCUT2D eigenvalue weighted by Gasteiger charge is -2.08. The van der Waals surface area contributed by atoms with Gasteiger partial charge in [-0.1, -0.05) is 11.6 Å². The monoisotopic (exact) mass is 229 g/mol. The third kappa shape index (κ3) is 2.61. The number of nitrogens with one attached hydrogen (secondary N) is 1. The van der Waals surface area contributed by atoms with E-state index in [2.05, 4.69) is 5.32 Å². The Morgan fingerprint density at radius 1 is 1.60 bits per heavy atom. The van der Waals surface area contributed by atoms with Crippen molar-refractivity contribution in [3.8, 4) is 11.5 Å². The number of phenolic OH excluding ortho intramolecular Hbond substituents is 1. The standard InChI is InChI=1S/C10H12ClNO3/c1-12-5-9(14)6-3-10(15-2)8(13)4-7(6)11/h3-4,12-13H,5H2,1-2H3. The highest BCUT2D eigenvalue weighted by molar-refractivity contribution is 6.34. The second-order valence-electron chi connectivity index (χ2n) is 2.96. The fraction of sp³-hybridized carbons (Fsp3) is 0.300. The molecular weight excluding hydrogens is 218 g/mol. The Kier molecular flexibility index (Phi) is 3.94. The minimum Gasteiger partial charge on any atom is -0.504 e. The molecule has 2 N–H and O–H groups in total. The van der Waals surface area contributed by atoms with E-state index < -0.39 is 0 Å². The molecule has 0 aliphatic rings. The van der Waals surface area contributed by atoms with Gasteiger partial charge in [0.2, 0.25) is 0 Å². The summed E-state index contributed by atoms with van der Waals surface area (Å²) in [5, 5.41) is 12.3. The van der Waals surface area contributed by atoms with Crippen molar-refractivity contribution in [2.45, 2.75) is 0 Å². The summed E-state index contributed by atoms with van der Waals surface area (Å²) in [4.78, 5) is 11.6. The van der Waals surface area contributed by atoms with Crippen LogP contribution in [0.25, 0.3) is 0 Å². The van der Waals surface area contributed by atoms with Crippen molar-refractivity contribution in [2.24, 2.45) is 0 Å². The lowest BCUT2D eigenvalue weighted by Crippen LogP contribution is -2.18. The minimum atomic E-state index is -0.152. The van der Waals surface area contributed by atoms with E-state index in [4.69, 9.17) is 16.3 Å². The molecular formula is C10H12ClNO3. The first kappa shape index (κ1) is 11.8. The van der Waals surface area contributed by atoms with Crippen molar-refractivity contribution in [1.29, 1.82) is 0 Å². The van der Waals surface area contributed by atoms with Crippen LogP contribution in [-0.4, -0.2) is 31.6 Å². The fourth-order valence-corrected chi connectivity index (χ4v) is 1.44. The van der Waals surface area contributed by atoms with E-state index in [0.717, 1.165) is 0 Å². The molecule has 0 heterocycles. The first-order chi connectivity index (χ1) is 7.10. The number of ketones is 1. The van der Waals surface area contributed by atoms with Crippen LogP contribution >= 0.6 is 11.6 Å². The number of Topliss-reactive ketones (excluding diaryl/α,β-unsaturated/α-hetero) is 1. The molecule has 0 aliphatic carbocycles. The summed E-state index contributed by atoms with van der Waals surface area (Å²) in [5.41, 5.74) is 0.334. The Labute approximate surface area is 92.8 Å². The summed E-state index contributed by atoms with van der Waals surface area (Å²) >= 11 is 5.82. The highest BCUT2D eigenvalue weighted by Crippen LogP contribution is 2.32. The summed E-state index contributed by atoms with van der Waals surface area (Å²) in [6, 6.07) is 2.72. The fourth-order valence-electron chi connectivity index (χ4n) is 1.18. The number of methoxy groups -OCH3 is 1. The van der Waals surface area contributed by atoms with Gasteiger partial charge in [-0.25, -0.2) is 0 Å². The molecule has 5 heteroatoms. The van der Waals surface area contributed by atoms with Gasteiger partial charge in [0.05, 0.1) is 18.7 Å². The summed E-state index contributed by atoms with van der Waals surface area (Å²) in [6.07, 6.45) is 0. The SMILES string of the molecule is CNCC(=O)c1cc(OC)c(O)cc1Cl. The van der Waals surface area contributed by atoms with Gasteiger partial charge >= 0.3 is 0 Å². The van der Waals surface area contributed by atoms with Crippen molar-refractivity contribution >= 4 is 17.4 Å². The zero-order valence-corrected chi connectivity index (χ0v) is 9.26. The van der Waals surface area contributed by atoms with Gasteiger partial charge in [0.15, 0.2) is 17.3 Å². The number of halogens is 1. The highest BCUT2D eigenvalue weighted by atomic mass is 35.5. The van der Waals surface area contributed by atoms with Crippen LogP contribution in [0.15, 0.2) is 12.1 Å². The Morgan fingerprint density at radius 2 is 2.27 bits per heavy atom. The molecule has 1 aromatic rings. The minimum absolute atomic E-state index is 0.0801. The number of hydrogen-bond acceptors (Lipinski definition) is 4. The topological polar surface area (TPSA) is 58.6 Å². The zero-order chi connectivity index (χ0) is 11.4. The van der Waals surface area contributed by atoms with Crippen LogP contribution in [0.1, 0.15) is 10.4 Å². The van der Waals surface area contributed by atoms with Gasteiger partial charge in [-0.3, -0.25) is 4.79 Å². The molecule has 0 amide bonds. The number of carbonyl (C=O) groups excluding carboxylic acids is 1. The maximum atomic E-state index is 11.6. The number of benzene rings is 1. The first-order valence-electron chi connectivity index (χ1n) is 4.34. The summed E-state index contributed by atoms with van der Waals surface area (Å²) in [7, 11) is 3.08. The van der Waals surface area contributed by atoms with Crippen molar-refractivity contribution in [3.05, 3.63) is 22.7 Å². The molecule has 82 valence electrons. The van der Waals surface area contributed by atoms with Crippen LogP contribution < -0.4 is 10.1 Å². The van der Waals surface area contributed by atoms with Crippen LogP contribution in [0.4, 0.5) is 0 Å². The van der Waals surface area contributed by atoms with E-state index in [1.165, 1.54) is 19.2 Å². The van der Waals surface area contributed by atoms with Crippen LogP contribution in [-0.2, 0) is 0 Å². The van der Waals surface area contributed by atoms with Crippen LogP contribution in [0.2, 0.25) is 5.02 Å². The van der Waals surface area contributed by atoms with Gasteiger partial charge in [0.25, 0.3) is 0 Å². The van der Waals surface area contributed by atoms with E-state index in [-0.39, 0.29) is 28.8 Å². The van der Waals surface area contributed by atoms with E-state index >= 15 is 0 Å². The highest BCUT2D eigenvalue weighted by Gasteiger charge is 2.13. The largest absolute Gasteiger partial charge is 0.504 e. The smallest absolute Gasteiger partial charge is 0.178 e. The van der Waals surface area contributed by atoms with Crippen molar-refractivity contribution in [3.63, 3.8) is 0 Å². The number of phenols is 1. The molecule has 0 aromatic heterocycles. The summed E-state index contributed by atoms with van der Waals surface area (Å²) in [5.74, 6) is 0.00293. The molecule has 0 atom stereocenters. The average molecular weight is 230 g/mol. The lowest BCUT2D eigenvalue weighted by atomic mass is 10.1. The second kappa shape index (κ2) is 5.00. The second-order valence-corrected chi connectivity index (χ2v) is 3.36. The third-order valence-corrected chi connectivity index (χ3v) is 2.22. The Hall–Kier alpha value is -1.26. The Morgan fingerprint density at radius 3 is 2.80 bits per heavy atom. The summed E-state index contributed by atoms with van der Waals surface area (Å²) < 4.78 is 4.89. The molecule has 0 radical (unpaired) electrons. The maximum absolute atomic E-state index is 11.6. The number of hydrogen-bond donors (Lipinski definition) is 2. The number of likely N-dealkylation sites (N-methyl/N-ethyl adjacent to an activating group) is 1. The van der Waals surface area contributed by atoms with Crippen LogP contribution in [0.3, 0.4) is 0 Å². The Balaban J connectivity index is 3.12. The maximum Gasteiger partial charge on any atom is 0.178 e. The predicted molar refractivity (Wildman–Crippen MR) is 57.9 cm³/mol. The molecule has 1 rings (SSSR count). The first-order valence-corrected chi connectivity index (χ1v) is 4.72. The van der Waals surface area contributed by atoms with Crippen LogP contribution in [0.5, 0.6) is 11.5 Å². The number of aromatic hydroxyl groups is 1. The zero-order valence-electron chi connectivity index (χ0n) is 8.50. The van der Waals surface area contributed by atoms with Crippen molar-refractivity contribution in [1.82, 2.24) is 5.32 Å². The van der Waals surface area contributed by atoms with Gasteiger partial charge in [-0.05, 0) is 13.1 Å². The van der Waals surface area contributed by atoms with E-state index in [1.807, 2.05) is 0 Å². The predicted octanol–water partition coefficient (Wildman–Crippen LogP) is 1.46. The summed E-state index contributed by atoms with van der Waals surface area (Å²) in [6.45, 7) is 0.188. The molecule has 0 saturated heterocycles. The van der Waals surface area contributed by atoms with Crippen LogP contribution in [0, 0.1) is 0 Å². The van der Waals surface area contributed by atoms with Crippen molar-refractivity contribution in [2.75, 3.05) is 20.7 Å². The van der Waals surface area contributed by atoms with E-state index in [1.54, 1.807) is 7.05 Å². The molecule has 4 nitrogen and oxygen atoms in total. The van der Waals surface area contributed by atoms with Gasteiger partial charge in [-0.2, -0.15) is 0 Å². The third-order valence-electron chi connectivity index (χ3n) is 1.91. The molecule has 15 heavy (non-hydrogen) atoms. The number of rotatable bonds is 4. The number of carbonyl (C=O) groups is 1. The van der Waals surface area contributed by atoms with E-state index in [9.17, 15) is 9.90 Å². The average Bonchev–Trinajstić information content (AvgIpc) is 2.18. The van der Waals surface area contributed by atoms with Gasteiger partial charge in [0.1, 0.15) is 0 Å². The lowest BCUT2D eigenvalue weighted by molar-refractivity contribution is 0.0993. The molecule has 0 bridgehead atoms. The van der Waals surface area contributed by atoms with Gasteiger partial charge in [-0.15, -0.1) is 0 Å². The van der Waals surface area contributed by atoms with E-state index in [0.29, 0.717) is 5.56 Å². The number of ether oxygens (including phenoxy) is 1. The van der Waals surface area contributed by atoms with Gasteiger partial charge in [0, 0.05) is 11.6 Å². The quantitative estimate of drug-likeness (QED) is 0.768. The molecule has 0 fully saturated rings. The Bertz CT molecular complexity index is 379. The molecule has 1 aromatic carbocycles.